The zero-order valence-corrected chi connectivity index (χ0v) is 15.2. The number of nitrogens with zero attached hydrogens (tertiary/aromatic N) is 3. The van der Waals surface area contributed by atoms with E-state index < -0.39 is 0 Å². The highest BCUT2D eigenvalue weighted by molar-refractivity contribution is 5.65. The van der Waals surface area contributed by atoms with Gasteiger partial charge in [0.1, 0.15) is 13.6 Å². The lowest BCUT2D eigenvalue weighted by atomic mass is 10.1. The maximum absolute atomic E-state index is 4.63. The molecule has 0 aliphatic carbocycles. The zero-order valence-electron chi connectivity index (χ0n) is 15.2. The van der Waals surface area contributed by atoms with Crippen molar-refractivity contribution in [1.82, 2.24) is 4.98 Å². The molecule has 0 spiro atoms. The molecule has 0 unspecified atom stereocenters. The van der Waals surface area contributed by atoms with Crippen molar-refractivity contribution in [3.05, 3.63) is 67.4 Å². The van der Waals surface area contributed by atoms with E-state index >= 15 is 0 Å². The minimum Gasteiger partial charge on any atom is -0.256 e. The Morgan fingerprint density at radius 1 is 0.760 bits per heavy atom. The number of hydrogen-bond donors (Lipinski definition) is 0. The Labute approximate surface area is 150 Å². The van der Waals surface area contributed by atoms with Crippen LogP contribution >= 0.6 is 0 Å². The van der Waals surface area contributed by atoms with Crippen molar-refractivity contribution < 1.29 is 9.13 Å². The molecule has 0 radical (unpaired) electrons. The van der Waals surface area contributed by atoms with Crippen LogP contribution in [0.1, 0.15) is 32.6 Å². The summed E-state index contributed by atoms with van der Waals surface area (Å²) in [6, 6.07) is 12.8. The lowest BCUT2D eigenvalue weighted by Crippen LogP contribution is -2.32. The van der Waals surface area contributed by atoms with E-state index in [0.29, 0.717) is 0 Å². The van der Waals surface area contributed by atoms with Crippen molar-refractivity contribution in [2.75, 3.05) is 0 Å². The molecule has 0 saturated carbocycles. The van der Waals surface area contributed by atoms with Gasteiger partial charge in [0.05, 0.1) is 5.69 Å². The molecule has 0 saturated heterocycles. The molecular formula is C22H27N3+2. The van der Waals surface area contributed by atoms with Gasteiger partial charge >= 0.3 is 0 Å². The first-order valence-corrected chi connectivity index (χ1v) is 9.17. The second-order valence-electron chi connectivity index (χ2n) is 6.57. The number of aryl methyl sites for hydroxylation is 2. The molecule has 25 heavy (non-hydrogen) atoms. The van der Waals surface area contributed by atoms with Crippen LogP contribution in [-0.2, 0) is 13.6 Å². The van der Waals surface area contributed by atoms with Crippen LogP contribution in [0.5, 0.6) is 0 Å². The first-order chi connectivity index (χ1) is 12.3. The van der Waals surface area contributed by atoms with Crippen molar-refractivity contribution in [1.29, 1.82) is 0 Å². The Kier molecular flexibility index (Phi) is 5.89. The van der Waals surface area contributed by atoms with Crippen LogP contribution in [0.3, 0.4) is 0 Å². The molecule has 0 bridgehead atoms. The van der Waals surface area contributed by atoms with E-state index in [1.807, 2.05) is 30.2 Å². The summed E-state index contributed by atoms with van der Waals surface area (Å²) in [4.78, 5) is 4.63. The summed E-state index contributed by atoms with van der Waals surface area (Å²) >= 11 is 0. The fourth-order valence-electron chi connectivity index (χ4n) is 2.93. The maximum Gasteiger partial charge on any atom is 0.169 e. The fraction of sp³-hybridized carbons (Fsp3) is 0.318. The average Bonchev–Trinajstić information content (AvgIpc) is 2.67. The summed E-state index contributed by atoms with van der Waals surface area (Å²) in [5.41, 5.74) is 4.51. The van der Waals surface area contributed by atoms with E-state index in [1.165, 1.54) is 31.2 Å². The number of rotatable bonds is 7. The van der Waals surface area contributed by atoms with Gasteiger partial charge in [0.25, 0.3) is 0 Å². The zero-order chi connectivity index (χ0) is 17.5. The van der Waals surface area contributed by atoms with Crippen molar-refractivity contribution >= 4 is 0 Å². The Bertz CT molecular complexity index is 775. The van der Waals surface area contributed by atoms with E-state index in [0.717, 1.165) is 23.4 Å². The summed E-state index contributed by atoms with van der Waals surface area (Å²) in [7, 11) is 2.02. The van der Waals surface area contributed by atoms with Gasteiger partial charge in [-0.15, -0.1) is 0 Å². The number of hydrogen-bond acceptors (Lipinski definition) is 1. The standard InChI is InChI=1S/C22H27N3/c1-3-4-5-6-13-25-16-11-19(12-17-25)21-7-8-22(23-18-21)20-9-14-24(2)15-10-20/h7-12,14-18H,3-6,13H2,1-2H3/q+2. The van der Waals surface area contributed by atoms with Gasteiger partial charge in [0.2, 0.25) is 0 Å². The van der Waals surface area contributed by atoms with Crippen LogP contribution < -0.4 is 9.13 Å². The summed E-state index contributed by atoms with van der Waals surface area (Å²) < 4.78 is 4.30. The second kappa shape index (κ2) is 8.52. The van der Waals surface area contributed by atoms with Crippen molar-refractivity contribution in [3.8, 4) is 22.4 Å². The van der Waals surface area contributed by atoms with Crippen LogP contribution in [0.4, 0.5) is 0 Å². The molecule has 0 aliphatic heterocycles. The molecule has 0 aliphatic rings. The van der Waals surface area contributed by atoms with E-state index in [4.69, 9.17) is 0 Å². The molecule has 0 fully saturated rings. The summed E-state index contributed by atoms with van der Waals surface area (Å²) in [6.45, 7) is 3.35. The van der Waals surface area contributed by atoms with Crippen molar-refractivity contribution in [2.45, 2.75) is 39.2 Å². The number of aromatic nitrogens is 3. The van der Waals surface area contributed by atoms with Gasteiger partial charge in [-0.1, -0.05) is 25.8 Å². The second-order valence-corrected chi connectivity index (χ2v) is 6.57. The average molecular weight is 333 g/mol. The fourth-order valence-corrected chi connectivity index (χ4v) is 2.93. The number of unbranched alkanes of at least 4 members (excludes halogenated alkanes) is 3. The molecule has 0 N–H and O–H groups in total. The summed E-state index contributed by atoms with van der Waals surface area (Å²) in [5, 5.41) is 0. The first kappa shape index (κ1) is 17.3. The Morgan fingerprint density at radius 2 is 1.48 bits per heavy atom. The van der Waals surface area contributed by atoms with Crippen LogP contribution in [0.25, 0.3) is 22.4 Å². The molecule has 3 heterocycles. The molecule has 3 aromatic rings. The van der Waals surface area contributed by atoms with Gasteiger partial charge in [-0.05, 0) is 18.1 Å². The molecule has 3 aromatic heterocycles. The molecule has 3 nitrogen and oxygen atoms in total. The predicted molar refractivity (Wildman–Crippen MR) is 101 cm³/mol. The van der Waals surface area contributed by atoms with E-state index in [2.05, 4.69) is 65.3 Å². The monoisotopic (exact) mass is 333 g/mol. The summed E-state index contributed by atoms with van der Waals surface area (Å²) in [5.74, 6) is 0. The molecule has 128 valence electrons. The number of pyridine rings is 3. The largest absolute Gasteiger partial charge is 0.256 e. The highest BCUT2D eigenvalue weighted by Gasteiger charge is 2.05. The van der Waals surface area contributed by atoms with Crippen LogP contribution in [-0.4, -0.2) is 4.98 Å². The quantitative estimate of drug-likeness (QED) is 0.471. The molecule has 3 heteroatoms. The van der Waals surface area contributed by atoms with Gasteiger partial charge in [0.15, 0.2) is 24.8 Å². The van der Waals surface area contributed by atoms with E-state index in [1.54, 1.807) is 0 Å². The van der Waals surface area contributed by atoms with Gasteiger partial charge in [0, 0.05) is 48.0 Å². The maximum atomic E-state index is 4.63. The highest BCUT2D eigenvalue weighted by Crippen LogP contribution is 2.21. The third-order valence-electron chi connectivity index (χ3n) is 4.53. The van der Waals surface area contributed by atoms with E-state index in [-0.39, 0.29) is 0 Å². The first-order valence-electron chi connectivity index (χ1n) is 9.17. The predicted octanol–water partition coefficient (Wildman–Crippen LogP) is 4.11. The highest BCUT2D eigenvalue weighted by atomic mass is 14.9. The summed E-state index contributed by atoms with van der Waals surface area (Å²) in [6.07, 6.45) is 15.6. The van der Waals surface area contributed by atoms with Gasteiger partial charge < -0.3 is 0 Å². The van der Waals surface area contributed by atoms with E-state index in [9.17, 15) is 0 Å². The SMILES string of the molecule is CCCCCC[n+]1ccc(-c2ccc(-c3cc[n+](C)cc3)nc2)cc1. The van der Waals surface area contributed by atoms with Gasteiger partial charge in [-0.2, -0.15) is 0 Å². The van der Waals surface area contributed by atoms with Gasteiger partial charge in [-0.3, -0.25) is 4.98 Å². The lowest BCUT2D eigenvalue weighted by molar-refractivity contribution is -0.697. The van der Waals surface area contributed by atoms with Crippen molar-refractivity contribution in [3.63, 3.8) is 0 Å². The van der Waals surface area contributed by atoms with Crippen LogP contribution in [0.15, 0.2) is 67.4 Å². The molecular weight excluding hydrogens is 306 g/mol. The topological polar surface area (TPSA) is 20.6 Å². The third kappa shape index (κ3) is 4.72. The Balaban J connectivity index is 1.66. The molecule has 0 aromatic carbocycles. The third-order valence-corrected chi connectivity index (χ3v) is 4.53. The Hall–Kier alpha value is -2.55. The smallest absolute Gasteiger partial charge is 0.169 e. The molecule has 0 atom stereocenters. The minimum atomic E-state index is 1.01. The molecule has 3 rings (SSSR count). The van der Waals surface area contributed by atoms with Crippen molar-refractivity contribution in [2.24, 2.45) is 7.05 Å². The van der Waals surface area contributed by atoms with Crippen LogP contribution in [0.2, 0.25) is 0 Å². The molecule has 0 amide bonds. The normalized spacial score (nSPS) is 10.8. The minimum absolute atomic E-state index is 1.01. The lowest BCUT2D eigenvalue weighted by Gasteiger charge is -2.04. The van der Waals surface area contributed by atoms with Gasteiger partial charge in [-0.25, -0.2) is 9.13 Å². The van der Waals surface area contributed by atoms with Crippen LogP contribution in [0, 0.1) is 0 Å². The Morgan fingerprint density at radius 3 is 2.12 bits per heavy atom.